The van der Waals surface area contributed by atoms with Gasteiger partial charge in [-0.1, -0.05) is 25.4 Å². The number of nitrogen functional groups attached to an aromatic ring is 1. The average Bonchev–Trinajstić information content (AvgIpc) is 2.60. The summed E-state index contributed by atoms with van der Waals surface area (Å²) in [7, 11) is -3.10. The predicted molar refractivity (Wildman–Crippen MR) is 69.8 cm³/mol. The summed E-state index contributed by atoms with van der Waals surface area (Å²) < 4.78 is 29.2. The Kier molecular flexibility index (Phi) is 3.66. The number of sulfone groups is 1. The monoisotopic (exact) mass is 272 g/mol. The van der Waals surface area contributed by atoms with E-state index in [2.05, 4.69) is 19.0 Å². The van der Waals surface area contributed by atoms with Gasteiger partial charge in [0.1, 0.15) is 10.9 Å². The first-order valence-corrected chi connectivity index (χ1v) is 8.09. The van der Waals surface area contributed by atoms with Gasteiger partial charge in [-0.2, -0.15) is 0 Å². The minimum atomic E-state index is -3.10. The van der Waals surface area contributed by atoms with Gasteiger partial charge in [-0.05, 0) is 25.2 Å². The zero-order chi connectivity index (χ0) is 13.3. The Morgan fingerprint density at radius 1 is 1.44 bits per heavy atom. The second-order valence-electron chi connectivity index (χ2n) is 5.36. The van der Waals surface area contributed by atoms with Crippen LogP contribution in [0.25, 0.3) is 0 Å². The van der Waals surface area contributed by atoms with E-state index in [0.717, 1.165) is 18.4 Å². The molecule has 1 saturated heterocycles. The van der Waals surface area contributed by atoms with Crippen molar-refractivity contribution >= 4 is 15.7 Å². The van der Waals surface area contributed by atoms with E-state index in [4.69, 9.17) is 10.3 Å². The van der Waals surface area contributed by atoms with Crippen molar-refractivity contribution in [1.82, 2.24) is 5.16 Å². The molecule has 1 aromatic heterocycles. The Labute approximate surface area is 108 Å². The van der Waals surface area contributed by atoms with Crippen LogP contribution in [0.5, 0.6) is 0 Å². The molecule has 1 atom stereocenters. The summed E-state index contributed by atoms with van der Waals surface area (Å²) in [6.45, 7) is 4.12. The maximum atomic E-state index is 12.1. The Hall–Kier alpha value is -1.04. The summed E-state index contributed by atoms with van der Waals surface area (Å²) in [5.41, 5.74) is 7.08. The Morgan fingerprint density at radius 3 is 2.78 bits per heavy atom. The third-order valence-electron chi connectivity index (χ3n) is 3.34. The van der Waals surface area contributed by atoms with E-state index in [1.807, 2.05) is 0 Å². The highest BCUT2D eigenvalue weighted by atomic mass is 32.2. The van der Waals surface area contributed by atoms with E-state index < -0.39 is 15.1 Å². The standard InChI is InChI=1S/C12H20N2O3S/c1-8(2)7-9-11(14-17-12(9)13)10-5-3-4-6-18(10,15)16/h8,10H,3-7,13H2,1-2H3. The predicted octanol–water partition coefficient (Wildman–Crippen LogP) is 2.10. The quantitative estimate of drug-likeness (QED) is 0.910. The van der Waals surface area contributed by atoms with Crippen LogP contribution in [0.4, 0.5) is 5.88 Å². The number of hydrogen-bond donors (Lipinski definition) is 1. The van der Waals surface area contributed by atoms with Gasteiger partial charge in [0.15, 0.2) is 9.84 Å². The van der Waals surface area contributed by atoms with E-state index in [0.29, 0.717) is 24.5 Å². The van der Waals surface area contributed by atoms with Crippen molar-refractivity contribution in [2.75, 3.05) is 11.5 Å². The van der Waals surface area contributed by atoms with Gasteiger partial charge in [-0.15, -0.1) is 0 Å². The van der Waals surface area contributed by atoms with Gasteiger partial charge in [0.2, 0.25) is 5.88 Å². The van der Waals surface area contributed by atoms with Crippen LogP contribution in [0.2, 0.25) is 0 Å². The van der Waals surface area contributed by atoms with Crippen molar-refractivity contribution in [3.8, 4) is 0 Å². The molecule has 102 valence electrons. The van der Waals surface area contributed by atoms with E-state index in [9.17, 15) is 8.42 Å². The van der Waals surface area contributed by atoms with Crippen molar-refractivity contribution < 1.29 is 12.9 Å². The highest BCUT2D eigenvalue weighted by Crippen LogP contribution is 2.36. The highest BCUT2D eigenvalue weighted by molar-refractivity contribution is 7.91. The molecule has 18 heavy (non-hydrogen) atoms. The molecule has 0 aliphatic carbocycles. The van der Waals surface area contributed by atoms with Crippen LogP contribution in [0.3, 0.4) is 0 Å². The molecular weight excluding hydrogens is 252 g/mol. The maximum Gasteiger partial charge on any atom is 0.225 e. The Balaban J connectivity index is 2.38. The second kappa shape index (κ2) is 4.91. The fourth-order valence-corrected chi connectivity index (χ4v) is 4.41. The van der Waals surface area contributed by atoms with Gasteiger partial charge in [-0.25, -0.2) is 8.42 Å². The van der Waals surface area contributed by atoms with Crippen molar-refractivity contribution in [3.63, 3.8) is 0 Å². The maximum absolute atomic E-state index is 12.1. The molecule has 2 N–H and O–H groups in total. The minimum Gasteiger partial charge on any atom is -0.367 e. The van der Waals surface area contributed by atoms with Crippen molar-refractivity contribution in [2.24, 2.45) is 5.92 Å². The smallest absolute Gasteiger partial charge is 0.225 e. The molecule has 6 heteroatoms. The lowest BCUT2D eigenvalue weighted by atomic mass is 10.00. The lowest BCUT2D eigenvalue weighted by Crippen LogP contribution is -2.23. The van der Waals surface area contributed by atoms with Gasteiger partial charge in [0, 0.05) is 5.56 Å². The van der Waals surface area contributed by atoms with Crippen LogP contribution >= 0.6 is 0 Å². The van der Waals surface area contributed by atoms with Crippen LogP contribution in [0, 0.1) is 5.92 Å². The van der Waals surface area contributed by atoms with Crippen LogP contribution in [-0.2, 0) is 16.3 Å². The molecule has 5 nitrogen and oxygen atoms in total. The molecule has 0 radical (unpaired) electrons. The molecule has 0 bridgehead atoms. The summed E-state index contributed by atoms with van der Waals surface area (Å²) in [5.74, 6) is 0.891. The molecule has 1 unspecified atom stereocenters. The van der Waals surface area contributed by atoms with E-state index in [1.165, 1.54) is 0 Å². The lowest BCUT2D eigenvalue weighted by molar-refractivity contribution is 0.421. The summed E-state index contributed by atoms with van der Waals surface area (Å²) in [5, 5.41) is 3.38. The third-order valence-corrected chi connectivity index (χ3v) is 5.53. The molecule has 1 fully saturated rings. The van der Waals surface area contributed by atoms with E-state index in [1.54, 1.807) is 0 Å². The molecule has 2 heterocycles. The van der Waals surface area contributed by atoms with E-state index in [-0.39, 0.29) is 11.6 Å². The molecule has 0 aromatic carbocycles. The Bertz CT molecular complexity index is 519. The molecule has 0 amide bonds. The summed E-state index contributed by atoms with van der Waals surface area (Å²) in [6.07, 6.45) is 2.99. The minimum absolute atomic E-state index is 0.242. The summed E-state index contributed by atoms with van der Waals surface area (Å²) in [4.78, 5) is 0. The molecular formula is C12H20N2O3S. The first-order valence-electron chi connectivity index (χ1n) is 6.37. The van der Waals surface area contributed by atoms with E-state index >= 15 is 0 Å². The zero-order valence-corrected chi connectivity index (χ0v) is 11.7. The van der Waals surface area contributed by atoms with Gasteiger partial charge < -0.3 is 10.3 Å². The van der Waals surface area contributed by atoms with Crippen molar-refractivity contribution in [1.29, 1.82) is 0 Å². The first-order chi connectivity index (χ1) is 8.42. The molecule has 0 saturated carbocycles. The van der Waals surface area contributed by atoms with Crippen LogP contribution < -0.4 is 5.73 Å². The number of hydrogen-bond acceptors (Lipinski definition) is 5. The van der Waals surface area contributed by atoms with Crippen molar-refractivity contribution in [3.05, 3.63) is 11.3 Å². The summed E-state index contributed by atoms with van der Waals surface area (Å²) in [6, 6.07) is 0. The second-order valence-corrected chi connectivity index (χ2v) is 7.66. The van der Waals surface area contributed by atoms with Crippen molar-refractivity contribution in [2.45, 2.75) is 44.8 Å². The fraction of sp³-hybridized carbons (Fsp3) is 0.750. The fourth-order valence-electron chi connectivity index (χ4n) is 2.46. The topological polar surface area (TPSA) is 86.2 Å². The normalized spacial score (nSPS) is 23.4. The molecule has 0 spiro atoms. The first kappa shape index (κ1) is 13.4. The lowest BCUT2D eigenvalue weighted by Gasteiger charge is -2.21. The summed E-state index contributed by atoms with van der Waals surface area (Å²) >= 11 is 0. The SMILES string of the molecule is CC(C)Cc1c(C2CCCCS2(=O)=O)noc1N. The zero-order valence-electron chi connectivity index (χ0n) is 10.8. The Morgan fingerprint density at radius 2 is 2.17 bits per heavy atom. The number of anilines is 1. The molecule has 1 aliphatic rings. The van der Waals surface area contributed by atoms with Gasteiger partial charge in [0.25, 0.3) is 0 Å². The highest BCUT2D eigenvalue weighted by Gasteiger charge is 2.35. The van der Waals surface area contributed by atoms with Crippen LogP contribution in [0.15, 0.2) is 4.52 Å². The van der Waals surface area contributed by atoms with Gasteiger partial charge in [-0.3, -0.25) is 0 Å². The average molecular weight is 272 g/mol. The molecule has 1 aliphatic heterocycles. The van der Waals surface area contributed by atoms with Gasteiger partial charge >= 0.3 is 0 Å². The van der Waals surface area contributed by atoms with Crippen LogP contribution in [-0.4, -0.2) is 19.3 Å². The molecule has 2 rings (SSSR count). The number of rotatable bonds is 3. The van der Waals surface area contributed by atoms with Crippen LogP contribution in [0.1, 0.15) is 49.6 Å². The van der Waals surface area contributed by atoms with Gasteiger partial charge in [0.05, 0.1) is 5.75 Å². The number of nitrogens with two attached hydrogens (primary N) is 1. The third kappa shape index (κ3) is 2.53. The molecule has 1 aromatic rings. The number of aromatic nitrogens is 1. The number of nitrogens with zero attached hydrogens (tertiary/aromatic N) is 1. The largest absolute Gasteiger partial charge is 0.367 e.